The van der Waals surface area contributed by atoms with Crippen LogP contribution < -0.4 is 4.74 Å². The maximum Gasteiger partial charge on any atom is 0.416 e. The molecule has 0 saturated heterocycles. The van der Waals surface area contributed by atoms with Crippen molar-refractivity contribution in [3.63, 3.8) is 0 Å². The van der Waals surface area contributed by atoms with Gasteiger partial charge in [0.15, 0.2) is 6.04 Å². The van der Waals surface area contributed by atoms with Gasteiger partial charge in [-0.3, -0.25) is 9.79 Å². The normalized spacial score (nSPS) is 13.4. The molecule has 0 fully saturated rings. The molecule has 1 amide bonds. The molecule has 1 aliphatic rings. The third kappa shape index (κ3) is 5.90. The second-order valence-corrected chi connectivity index (χ2v) is 9.74. The van der Waals surface area contributed by atoms with E-state index >= 15 is 0 Å². The number of esters is 1. The first-order valence-corrected chi connectivity index (χ1v) is 13.1. The lowest BCUT2D eigenvalue weighted by Crippen LogP contribution is -2.23. The van der Waals surface area contributed by atoms with Gasteiger partial charge in [0, 0.05) is 29.8 Å². The van der Waals surface area contributed by atoms with Crippen molar-refractivity contribution in [3.8, 4) is 5.75 Å². The Morgan fingerprint density at radius 3 is 2.02 bits per heavy atom. The first kappa shape index (κ1) is 28.6. The van der Waals surface area contributed by atoms with Crippen molar-refractivity contribution >= 4 is 17.6 Å². The second kappa shape index (κ2) is 11.9. The Kier molecular flexibility index (Phi) is 8.10. The highest BCUT2D eigenvalue weighted by molar-refractivity contribution is 6.13. The monoisotopic (exact) mass is 572 g/mol. The van der Waals surface area contributed by atoms with E-state index in [2.05, 4.69) is 4.99 Å². The smallest absolute Gasteiger partial charge is 0.416 e. The fraction of sp³-hybridized carbons (Fsp3) is 0.182. The van der Waals surface area contributed by atoms with E-state index in [9.17, 15) is 22.8 Å². The number of methoxy groups -OCH3 is 2. The van der Waals surface area contributed by atoms with Gasteiger partial charge < -0.3 is 14.4 Å². The van der Waals surface area contributed by atoms with Gasteiger partial charge in [0.1, 0.15) is 5.75 Å². The maximum atomic E-state index is 14.4. The van der Waals surface area contributed by atoms with Crippen LogP contribution in [0.2, 0.25) is 0 Å². The van der Waals surface area contributed by atoms with Crippen LogP contribution in [0.4, 0.5) is 13.2 Å². The minimum absolute atomic E-state index is 0.0862. The first-order chi connectivity index (χ1) is 20.2. The number of fused-ring (bicyclic) bond motifs is 1. The van der Waals surface area contributed by atoms with Gasteiger partial charge in [-0.15, -0.1) is 0 Å². The number of rotatable bonds is 8. The summed E-state index contributed by atoms with van der Waals surface area (Å²) in [5, 5.41) is 0. The van der Waals surface area contributed by atoms with Gasteiger partial charge in [0.05, 0.1) is 25.5 Å². The van der Waals surface area contributed by atoms with Crippen LogP contribution in [0.5, 0.6) is 5.75 Å². The molecule has 1 aliphatic heterocycles. The summed E-state index contributed by atoms with van der Waals surface area (Å²) < 4.78 is 53.4. The molecular weight excluding hydrogens is 545 g/mol. The van der Waals surface area contributed by atoms with E-state index in [1.54, 1.807) is 72.8 Å². The summed E-state index contributed by atoms with van der Waals surface area (Å²) >= 11 is 0. The van der Waals surface area contributed by atoms with E-state index in [1.165, 1.54) is 18.1 Å². The standard InChI is InChI=1S/C33H27F3N2O4/c1-41-25-15-13-21(14-16-25)19-38-20-27-26(31(38)39)17-24(18-28(27)33(34,35)36)30(32(40)42-2)37-29(22-9-5-3-6-10-22)23-11-7-4-8-12-23/h3-18,30H,19-20H2,1-2H3. The Balaban J connectivity index is 1.61. The number of halogens is 3. The number of hydrogen-bond donors (Lipinski definition) is 0. The second-order valence-electron chi connectivity index (χ2n) is 9.74. The molecule has 9 heteroatoms. The zero-order valence-electron chi connectivity index (χ0n) is 22.9. The van der Waals surface area contributed by atoms with Gasteiger partial charge in [-0.1, -0.05) is 72.8 Å². The van der Waals surface area contributed by atoms with Crippen LogP contribution >= 0.6 is 0 Å². The quantitative estimate of drug-likeness (QED) is 0.176. The summed E-state index contributed by atoms with van der Waals surface area (Å²) in [6.45, 7) is -0.115. The number of alkyl halides is 3. The summed E-state index contributed by atoms with van der Waals surface area (Å²) in [6.07, 6.45) is -4.78. The van der Waals surface area contributed by atoms with Crippen LogP contribution in [-0.4, -0.2) is 36.7 Å². The Morgan fingerprint density at radius 1 is 0.905 bits per heavy atom. The van der Waals surface area contributed by atoms with E-state index in [0.29, 0.717) is 22.6 Å². The molecule has 4 aromatic rings. The first-order valence-electron chi connectivity index (χ1n) is 13.1. The molecule has 4 aromatic carbocycles. The number of carbonyl (C=O) groups excluding carboxylic acids is 2. The summed E-state index contributed by atoms with van der Waals surface area (Å²) in [4.78, 5) is 32.6. The third-order valence-electron chi connectivity index (χ3n) is 7.07. The van der Waals surface area contributed by atoms with Gasteiger partial charge >= 0.3 is 12.1 Å². The molecule has 0 N–H and O–H groups in total. The van der Waals surface area contributed by atoms with Gasteiger partial charge in [0.25, 0.3) is 5.91 Å². The Hall–Kier alpha value is -4.92. The highest BCUT2D eigenvalue weighted by atomic mass is 19.4. The average molecular weight is 573 g/mol. The molecule has 0 aromatic heterocycles. The SMILES string of the molecule is COC(=O)C(N=C(c1ccccc1)c1ccccc1)c1cc2c(c(C(F)(F)F)c1)CN(Cc1ccc(OC)cc1)C2=O. The number of aliphatic imine (C=N–C) groups is 1. The molecular formula is C33H27F3N2O4. The largest absolute Gasteiger partial charge is 0.497 e. The predicted octanol–water partition coefficient (Wildman–Crippen LogP) is 6.62. The number of amides is 1. The lowest BCUT2D eigenvalue weighted by molar-refractivity contribution is -0.143. The number of ether oxygens (including phenoxy) is 2. The van der Waals surface area contributed by atoms with E-state index in [1.807, 2.05) is 12.1 Å². The van der Waals surface area contributed by atoms with E-state index < -0.39 is 29.7 Å². The number of carbonyl (C=O) groups is 2. The lowest BCUT2D eigenvalue weighted by Gasteiger charge is -2.18. The van der Waals surface area contributed by atoms with Gasteiger partial charge in [-0.05, 0) is 41.0 Å². The van der Waals surface area contributed by atoms with Crippen molar-refractivity contribution in [2.75, 3.05) is 14.2 Å². The molecule has 6 nitrogen and oxygen atoms in total. The van der Waals surface area contributed by atoms with Crippen LogP contribution in [0, 0.1) is 0 Å². The van der Waals surface area contributed by atoms with Crippen molar-refractivity contribution in [3.05, 3.63) is 136 Å². The maximum absolute atomic E-state index is 14.4. The molecule has 0 bridgehead atoms. The van der Waals surface area contributed by atoms with Crippen LogP contribution in [0.15, 0.2) is 102 Å². The summed E-state index contributed by atoms with van der Waals surface area (Å²) in [5.41, 5.74) is 1.14. The average Bonchev–Trinajstić information content (AvgIpc) is 3.32. The van der Waals surface area contributed by atoms with Crippen LogP contribution in [-0.2, 0) is 28.8 Å². The third-order valence-corrected chi connectivity index (χ3v) is 7.07. The van der Waals surface area contributed by atoms with Crippen LogP contribution in [0.3, 0.4) is 0 Å². The summed E-state index contributed by atoms with van der Waals surface area (Å²) in [6, 6.07) is 25.8. The molecule has 214 valence electrons. The molecule has 5 rings (SSSR count). The highest BCUT2D eigenvalue weighted by Gasteiger charge is 2.41. The lowest BCUT2D eigenvalue weighted by atomic mass is 9.94. The Bertz CT molecular complexity index is 1580. The van der Waals surface area contributed by atoms with E-state index in [0.717, 1.165) is 18.7 Å². The zero-order chi connectivity index (χ0) is 29.9. The fourth-order valence-electron chi connectivity index (χ4n) is 4.99. The number of benzene rings is 4. The van der Waals surface area contributed by atoms with E-state index in [-0.39, 0.29) is 29.8 Å². The Morgan fingerprint density at radius 2 is 1.50 bits per heavy atom. The van der Waals surface area contributed by atoms with Crippen molar-refractivity contribution in [2.45, 2.75) is 25.3 Å². The van der Waals surface area contributed by atoms with Crippen molar-refractivity contribution in [2.24, 2.45) is 4.99 Å². The van der Waals surface area contributed by atoms with Crippen molar-refractivity contribution < 1.29 is 32.2 Å². The zero-order valence-corrected chi connectivity index (χ0v) is 22.9. The molecule has 0 saturated carbocycles. The fourth-order valence-corrected chi connectivity index (χ4v) is 4.99. The number of hydrogen-bond acceptors (Lipinski definition) is 5. The minimum atomic E-state index is -4.78. The minimum Gasteiger partial charge on any atom is -0.497 e. The van der Waals surface area contributed by atoms with Gasteiger partial charge in [0.2, 0.25) is 0 Å². The molecule has 0 spiro atoms. The predicted molar refractivity (Wildman–Crippen MR) is 151 cm³/mol. The number of nitrogens with zero attached hydrogens (tertiary/aromatic N) is 2. The van der Waals surface area contributed by atoms with Crippen molar-refractivity contribution in [1.82, 2.24) is 4.90 Å². The van der Waals surface area contributed by atoms with Crippen molar-refractivity contribution in [1.29, 1.82) is 0 Å². The molecule has 1 unspecified atom stereocenters. The topological polar surface area (TPSA) is 68.2 Å². The van der Waals surface area contributed by atoms with Gasteiger partial charge in [-0.25, -0.2) is 4.79 Å². The van der Waals surface area contributed by atoms with Gasteiger partial charge in [-0.2, -0.15) is 13.2 Å². The summed E-state index contributed by atoms with van der Waals surface area (Å²) in [5.74, 6) is -0.793. The molecule has 0 radical (unpaired) electrons. The van der Waals surface area contributed by atoms with Crippen LogP contribution in [0.25, 0.3) is 0 Å². The van der Waals surface area contributed by atoms with Crippen LogP contribution in [0.1, 0.15) is 49.8 Å². The molecule has 42 heavy (non-hydrogen) atoms. The Labute approximate surface area is 241 Å². The highest BCUT2D eigenvalue weighted by Crippen LogP contribution is 2.40. The molecule has 1 atom stereocenters. The van der Waals surface area contributed by atoms with E-state index in [4.69, 9.17) is 9.47 Å². The summed E-state index contributed by atoms with van der Waals surface area (Å²) in [7, 11) is 2.68. The molecule has 1 heterocycles. The molecule has 0 aliphatic carbocycles.